The third kappa shape index (κ3) is 2.68. The second-order valence-electron chi connectivity index (χ2n) is 4.95. The lowest BCUT2D eigenvalue weighted by Crippen LogP contribution is -2.56. The van der Waals surface area contributed by atoms with E-state index in [2.05, 4.69) is 45.7 Å². The lowest BCUT2D eigenvalue weighted by atomic mass is 9.62. The zero-order valence-corrected chi connectivity index (χ0v) is 14.8. The molecule has 0 saturated heterocycles. The van der Waals surface area contributed by atoms with Gasteiger partial charge in [-0.05, 0) is 41.3 Å². The minimum Gasteiger partial charge on any atom is -0.488 e. The Bertz CT molecular complexity index is 477. The molecule has 0 N–H and O–H groups in total. The Balaban J connectivity index is 2.21. The van der Waals surface area contributed by atoms with Crippen molar-refractivity contribution in [2.75, 3.05) is 0 Å². The maximum absolute atomic E-state index is 13.5. The third-order valence-electron chi connectivity index (χ3n) is 4.25. The predicted molar refractivity (Wildman–Crippen MR) is 83.9 cm³/mol. The average Bonchev–Trinajstić information content (AvgIpc) is 2.36. The van der Waals surface area contributed by atoms with Crippen molar-refractivity contribution in [1.29, 1.82) is 0 Å². The summed E-state index contributed by atoms with van der Waals surface area (Å²) in [5.74, 6) is 0.0748. The van der Waals surface area contributed by atoms with Gasteiger partial charge in [-0.1, -0.05) is 41.4 Å². The molecule has 0 radical (unpaired) electrons. The van der Waals surface area contributed by atoms with E-state index in [1.165, 1.54) is 12.1 Å². The van der Waals surface area contributed by atoms with Crippen molar-refractivity contribution in [2.45, 2.75) is 44.0 Å². The molecular weight excluding hydrogens is 398 g/mol. The van der Waals surface area contributed by atoms with Crippen molar-refractivity contribution in [2.24, 2.45) is 5.41 Å². The molecule has 19 heavy (non-hydrogen) atoms. The molecule has 0 heterocycles. The Morgan fingerprint density at radius 1 is 1.42 bits per heavy atom. The Hall–Kier alpha value is 0.200. The zero-order chi connectivity index (χ0) is 14.2. The Morgan fingerprint density at radius 2 is 2.05 bits per heavy atom. The monoisotopic (exact) mass is 412 g/mol. The molecule has 1 aliphatic carbocycles. The summed E-state index contributed by atoms with van der Waals surface area (Å²) in [5.41, 5.74) is 0.134. The van der Waals surface area contributed by atoms with Gasteiger partial charge in [-0.2, -0.15) is 0 Å². The number of hydrogen-bond acceptors (Lipinski definition) is 1. The maximum Gasteiger partial charge on any atom is 0.145 e. The number of benzene rings is 1. The molecule has 2 rings (SSSR count). The minimum atomic E-state index is -0.451. The lowest BCUT2D eigenvalue weighted by Gasteiger charge is -2.52. The highest BCUT2D eigenvalue weighted by atomic mass is 79.9. The van der Waals surface area contributed by atoms with E-state index >= 15 is 0 Å². The van der Waals surface area contributed by atoms with Crippen molar-refractivity contribution in [3.63, 3.8) is 0 Å². The first-order chi connectivity index (χ1) is 8.94. The van der Waals surface area contributed by atoms with Gasteiger partial charge < -0.3 is 4.74 Å². The van der Waals surface area contributed by atoms with Crippen LogP contribution in [0.4, 0.5) is 4.39 Å². The van der Waals surface area contributed by atoms with E-state index in [9.17, 15) is 4.39 Å². The largest absolute Gasteiger partial charge is 0.488 e. The fourth-order valence-electron chi connectivity index (χ4n) is 2.76. The van der Waals surface area contributed by atoms with Gasteiger partial charge in [-0.3, -0.25) is 0 Å². The summed E-state index contributed by atoms with van der Waals surface area (Å²) in [6.45, 7) is 4.34. The lowest BCUT2D eigenvalue weighted by molar-refractivity contribution is -0.0416. The van der Waals surface area contributed by atoms with Crippen molar-refractivity contribution >= 4 is 43.5 Å². The molecule has 0 amide bonds. The second kappa shape index (κ2) is 5.90. The highest BCUT2D eigenvalue weighted by Crippen LogP contribution is 2.53. The number of rotatable bonds is 4. The van der Waals surface area contributed by atoms with Gasteiger partial charge in [-0.25, -0.2) is 4.39 Å². The van der Waals surface area contributed by atoms with Crippen LogP contribution in [0, 0.1) is 11.2 Å². The molecule has 1 aromatic rings. The molecule has 2 atom stereocenters. The van der Waals surface area contributed by atoms with Crippen LogP contribution in [-0.2, 0) is 0 Å². The van der Waals surface area contributed by atoms with Gasteiger partial charge in [0.05, 0.1) is 9.50 Å². The van der Waals surface area contributed by atoms with Gasteiger partial charge in [0, 0.05) is 16.3 Å². The van der Waals surface area contributed by atoms with Gasteiger partial charge in [0.2, 0.25) is 0 Å². The van der Waals surface area contributed by atoms with E-state index in [0.717, 1.165) is 19.3 Å². The molecule has 0 bridgehead atoms. The number of ether oxygens (including phenoxy) is 1. The van der Waals surface area contributed by atoms with Crippen molar-refractivity contribution in [3.05, 3.63) is 27.4 Å². The van der Waals surface area contributed by atoms with Crippen LogP contribution >= 0.6 is 43.5 Å². The molecule has 1 aliphatic rings. The van der Waals surface area contributed by atoms with Crippen molar-refractivity contribution in [1.82, 2.24) is 0 Å². The molecule has 1 nitrogen and oxygen atoms in total. The predicted octanol–water partition coefficient (Wildman–Crippen LogP) is 5.96. The highest BCUT2D eigenvalue weighted by molar-refractivity contribution is 9.10. The van der Waals surface area contributed by atoms with E-state index in [4.69, 9.17) is 16.3 Å². The van der Waals surface area contributed by atoms with Crippen LogP contribution in [-0.4, -0.2) is 10.9 Å². The van der Waals surface area contributed by atoms with E-state index in [1.807, 2.05) is 0 Å². The van der Waals surface area contributed by atoms with Crippen LogP contribution in [0.1, 0.15) is 33.1 Å². The fourth-order valence-corrected chi connectivity index (χ4v) is 4.77. The number of halogens is 4. The first-order valence-corrected chi connectivity index (χ1v) is 8.48. The van der Waals surface area contributed by atoms with Gasteiger partial charge in [0.1, 0.15) is 17.7 Å². The zero-order valence-electron chi connectivity index (χ0n) is 10.9. The normalized spacial score (nSPS) is 24.9. The quantitative estimate of drug-likeness (QED) is 0.436. The second-order valence-corrected chi connectivity index (χ2v) is 7.31. The Morgan fingerprint density at radius 3 is 2.58 bits per heavy atom. The Kier molecular flexibility index (Phi) is 4.84. The highest BCUT2D eigenvalue weighted by Gasteiger charge is 2.53. The van der Waals surface area contributed by atoms with E-state index in [0.29, 0.717) is 15.0 Å². The maximum atomic E-state index is 13.5. The van der Waals surface area contributed by atoms with E-state index in [1.54, 1.807) is 0 Å². The van der Waals surface area contributed by atoms with E-state index < -0.39 is 5.82 Å². The van der Waals surface area contributed by atoms with Gasteiger partial charge in [0.15, 0.2) is 0 Å². The van der Waals surface area contributed by atoms with Crippen LogP contribution in [0.3, 0.4) is 0 Å². The van der Waals surface area contributed by atoms with Gasteiger partial charge in [-0.15, -0.1) is 0 Å². The summed E-state index contributed by atoms with van der Waals surface area (Å²) in [5, 5.41) is 0.100. The van der Waals surface area contributed by atoms with E-state index in [-0.39, 0.29) is 16.5 Å². The third-order valence-corrected chi connectivity index (χ3v) is 6.44. The summed E-state index contributed by atoms with van der Waals surface area (Å²) in [7, 11) is 0. The fraction of sp³-hybridized carbons (Fsp3) is 0.571. The molecule has 1 aromatic carbocycles. The average molecular weight is 415 g/mol. The first kappa shape index (κ1) is 15.6. The molecule has 1 saturated carbocycles. The first-order valence-electron chi connectivity index (χ1n) is 6.39. The summed E-state index contributed by atoms with van der Waals surface area (Å²) in [4.78, 5) is 0.468. The standard InChI is InChI=1S/C14H16Br2ClFO/c1-3-14(4-2)12(16)7-13(14)19-11-6-10(18)9(17)5-8(11)15/h5-6,12-13H,3-4,7H2,1-2H3. The topological polar surface area (TPSA) is 9.23 Å². The van der Waals surface area contributed by atoms with Crippen LogP contribution in [0.25, 0.3) is 0 Å². The molecule has 0 aromatic heterocycles. The van der Waals surface area contributed by atoms with Gasteiger partial charge >= 0.3 is 0 Å². The molecule has 5 heteroatoms. The molecular formula is C14H16Br2ClFO. The summed E-state index contributed by atoms with van der Waals surface area (Å²) in [6, 6.07) is 2.89. The molecule has 0 spiro atoms. The molecule has 0 aliphatic heterocycles. The van der Waals surface area contributed by atoms with Crippen LogP contribution in [0.5, 0.6) is 5.75 Å². The summed E-state index contributed by atoms with van der Waals surface area (Å²) in [6.07, 6.45) is 3.14. The van der Waals surface area contributed by atoms with Crippen LogP contribution < -0.4 is 4.74 Å². The number of alkyl halides is 1. The van der Waals surface area contributed by atoms with Crippen molar-refractivity contribution < 1.29 is 9.13 Å². The smallest absolute Gasteiger partial charge is 0.145 e. The Labute approximate surface area is 135 Å². The van der Waals surface area contributed by atoms with Crippen LogP contribution in [0.15, 0.2) is 16.6 Å². The minimum absolute atomic E-state index is 0.100. The van der Waals surface area contributed by atoms with Gasteiger partial charge in [0.25, 0.3) is 0 Å². The molecule has 106 valence electrons. The summed E-state index contributed by atoms with van der Waals surface area (Å²) >= 11 is 12.8. The molecule has 1 fully saturated rings. The summed E-state index contributed by atoms with van der Waals surface area (Å²) < 4.78 is 20.2. The van der Waals surface area contributed by atoms with Crippen molar-refractivity contribution in [3.8, 4) is 5.75 Å². The number of hydrogen-bond donors (Lipinski definition) is 0. The SMILES string of the molecule is CCC1(CC)C(Br)CC1Oc1cc(F)c(Cl)cc1Br. The molecule has 2 unspecified atom stereocenters. The van der Waals surface area contributed by atoms with Crippen LogP contribution in [0.2, 0.25) is 5.02 Å².